The highest BCUT2D eigenvalue weighted by Crippen LogP contribution is 2.17. The van der Waals surface area contributed by atoms with Gasteiger partial charge >= 0.3 is 0 Å². The van der Waals surface area contributed by atoms with Crippen molar-refractivity contribution < 1.29 is 0 Å². The number of hydrogen-bond donors (Lipinski definition) is 2. The van der Waals surface area contributed by atoms with Gasteiger partial charge in [0.15, 0.2) is 0 Å². The molecule has 0 atom stereocenters. The van der Waals surface area contributed by atoms with Crippen LogP contribution in [-0.2, 0) is 6.54 Å². The minimum atomic E-state index is 0.685. The predicted octanol–water partition coefficient (Wildman–Crippen LogP) is 2.51. The zero-order valence-electron chi connectivity index (χ0n) is 9.91. The summed E-state index contributed by atoms with van der Waals surface area (Å²) in [6.07, 6.45) is 0. The lowest BCUT2D eigenvalue weighted by Gasteiger charge is -2.06. The van der Waals surface area contributed by atoms with Crippen LogP contribution < -0.4 is 5.32 Å². The van der Waals surface area contributed by atoms with Crippen LogP contribution in [0.4, 0.5) is 5.69 Å². The Morgan fingerprint density at radius 1 is 1.29 bits per heavy atom. The smallest absolute Gasteiger partial charge is 0.0991 e. The Kier molecular flexibility index (Phi) is 3.10. The number of nitrogens with zero attached hydrogens (tertiary/aromatic N) is 2. The molecule has 2 N–H and O–H groups in total. The fourth-order valence-electron chi connectivity index (χ4n) is 1.70. The molecule has 0 saturated heterocycles. The molecule has 1 aromatic carbocycles. The molecule has 4 nitrogen and oxygen atoms in total. The van der Waals surface area contributed by atoms with Gasteiger partial charge in [-0.15, -0.1) is 0 Å². The van der Waals surface area contributed by atoms with Crippen LogP contribution >= 0.6 is 0 Å². The number of nitriles is 1. The van der Waals surface area contributed by atoms with Crippen LogP contribution in [0.3, 0.4) is 0 Å². The number of nitrogens with one attached hydrogen (secondary N) is 2. The molecule has 0 saturated carbocycles. The van der Waals surface area contributed by atoms with Gasteiger partial charge < -0.3 is 5.32 Å². The van der Waals surface area contributed by atoms with E-state index in [2.05, 4.69) is 21.6 Å². The van der Waals surface area contributed by atoms with Crippen molar-refractivity contribution in [3.05, 3.63) is 46.8 Å². The van der Waals surface area contributed by atoms with Crippen molar-refractivity contribution in [2.75, 3.05) is 5.32 Å². The fourth-order valence-corrected chi connectivity index (χ4v) is 1.70. The van der Waals surface area contributed by atoms with Gasteiger partial charge in [0, 0.05) is 6.54 Å². The first-order valence-corrected chi connectivity index (χ1v) is 5.45. The van der Waals surface area contributed by atoms with Crippen LogP contribution in [0.2, 0.25) is 0 Å². The van der Waals surface area contributed by atoms with E-state index in [1.807, 2.05) is 38.1 Å². The van der Waals surface area contributed by atoms with Crippen molar-refractivity contribution in [1.82, 2.24) is 10.2 Å². The summed E-state index contributed by atoms with van der Waals surface area (Å²) in [5.41, 5.74) is 4.88. The SMILES string of the molecule is Cc1n[nH]c(C)c1NCc1ccc(C#N)cc1. The van der Waals surface area contributed by atoms with E-state index in [1.54, 1.807) is 0 Å². The molecule has 0 aliphatic heterocycles. The summed E-state index contributed by atoms with van der Waals surface area (Å²) in [7, 11) is 0. The number of aromatic nitrogens is 2. The maximum absolute atomic E-state index is 8.70. The predicted molar refractivity (Wildman–Crippen MR) is 66.5 cm³/mol. The van der Waals surface area contributed by atoms with Crippen LogP contribution in [0.25, 0.3) is 0 Å². The standard InChI is InChI=1S/C13H14N4/c1-9-13(10(2)17-16-9)15-8-12-5-3-11(7-14)4-6-12/h3-6,15H,8H2,1-2H3,(H,16,17). The van der Waals surface area contributed by atoms with Crippen LogP contribution in [-0.4, -0.2) is 10.2 Å². The lowest BCUT2D eigenvalue weighted by atomic mass is 10.1. The second-order valence-corrected chi connectivity index (χ2v) is 3.97. The number of aryl methyl sites for hydroxylation is 2. The quantitative estimate of drug-likeness (QED) is 0.845. The van der Waals surface area contributed by atoms with Crippen molar-refractivity contribution >= 4 is 5.69 Å². The summed E-state index contributed by atoms with van der Waals surface area (Å²) in [6.45, 7) is 4.68. The molecule has 2 aromatic rings. The first kappa shape index (κ1) is 11.2. The molecule has 0 radical (unpaired) electrons. The molecule has 17 heavy (non-hydrogen) atoms. The first-order valence-electron chi connectivity index (χ1n) is 5.45. The Bertz CT molecular complexity index is 526. The van der Waals surface area contributed by atoms with Gasteiger partial charge in [-0.1, -0.05) is 12.1 Å². The Hall–Kier alpha value is -2.28. The zero-order chi connectivity index (χ0) is 12.3. The minimum absolute atomic E-state index is 0.685. The number of H-pyrrole nitrogens is 1. The molecular weight excluding hydrogens is 212 g/mol. The largest absolute Gasteiger partial charge is 0.378 e. The molecule has 0 aliphatic rings. The van der Waals surface area contributed by atoms with Crippen molar-refractivity contribution in [1.29, 1.82) is 5.26 Å². The Balaban J connectivity index is 2.05. The molecule has 1 heterocycles. The molecule has 0 bridgehead atoms. The van der Waals surface area contributed by atoms with Crippen LogP contribution in [0.5, 0.6) is 0 Å². The van der Waals surface area contributed by atoms with Crippen molar-refractivity contribution in [3.63, 3.8) is 0 Å². The lowest BCUT2D eigenvalue weighted by Crippen LogP contribution is -2.01. The topological polar surface area (TPSA) is 64.5 Å². The van der Waals surface area contributed by atoms with E-state index in [-0.39, 0.29) is 0 Å². The summed E-state index contributed by atoms with van der Waals surface area (Å²) < 4.78 is 0. The maximum atomic E-state index is 8.70. The molecule has 0 amide bonds. The Morgan fingerprint density at radius 2 is 2.00 bits per heavy atom. The van der Waals surface area contributed by atoms with Gasteiger partial charge in [-0.25, -0.2) is 0 Å². The van der Waals surface area contributed by atoms with Gasteiger partial charge in [0.2, 0.25) is 0 Å². The number of rotatable bonds is 3. The minimum Gasteiger partial charge on any atom is -0.378 e. The third kappa shape index (κ3) is 2.45. The van der Waals surface area contributed by atoms with Gasteiger partial charge in [0.1, 0.15) is 0 Å². The monoisotopic (exact) mass is 226 g/mol. The van der Waals surface area contributed by atoms with Gasteiger partial charge in [-0.3, -0.25) is 5.10 Å². The number of aromatic amines is 1. The average Bonchev–Trinajstić information content (AvgIpc) is 2.67. The summed E-state index contributed by atoms with van der Waals surface area (Å²) in [4.78, 5) is 0. The fraction of sp³-hybridized carbons (Fsp3) is 0.231. The van der Waals surface area contributed by atoms with Gasteiger partial charge in [-0.05, 0) is 31.5 Å². The van der Waals surface area contributed by atoms with E-state index < -0.39 is 0 Å². The Labute approximate surface area is 100 Å². The van der Waals surface area contributed by atoms with E-state index in [9.17, 15) is 0 Å². The summed E-state index contributed by atoms with van der Waals surface area (Å²) in [5, 5.41) is 19.1. The van der Waals surface area contributed by atoms with E-state index in [0.717, 1.165) is 29.2 Å². The molecule has 0 unspecified atom stereocenters. The van der Waals surface area contributed by atoms with Crippen molar-refractivity contribution in [2.45, 2.75) is 20.4 Å². The molecule has 2 rings (SSSR count). The molecule has 0 spiro atoms. The zero-order valence-corrected chi connectivity index (χ0v) is 9.91. The molecule has 1 aromatic heterocycles. The van der Waals surface area contributed by atoms with Crippen molar-refractivity contribution in [3.8, 4) is 6.07 Å². The third-order valence-electron chi connectivity index (χ3n) is 2.68. The first-order chi connectivity index (χ1) is 8.20. The number of hydrogen-bond acceptors (Lipinski definition) is 3. The molecule has 86 valence electrons. The van der Waals surface area contributed by atoms with Gasteiger partial charge in [-0.2, -0.15) is 10.4 Å². The van der Waals surface area contributed by atoms with E-state index in [0.29, 0.717) is 5.56 Å². The third-order valence-corrected chi connectivity index (χ3v) is 2.68. The molecule has 0 aliphatic carbocycles. The number of benzene rings is 1. The summed E-state index contributed by atoms with van der Waals surface area (Å²) >= 11 is 0. The van der Waals surface area contributed by atoms with E-state index in [4.69, 9.17) is 5.26 Å². The van der Waals surface area contributed by atoms with Gasteiger partial charge in [0.25, 0.3) is 0 Å². The van der Waals surface area contributed by atoms with Crippen LogP contribution in [0.1, 0.15) is 22.5 Å². The lowest BCUT2D eigenvalue weighted by molar-refractivity contribution is 1.02. The molecule has 0 fully saturated rings. The second-order valence-electron chi connectivity index (χ2n) is 3.97. The number of anilines is 1. The highest BCUT2D eigenvalue weighted by Gasteiger charge is 2.04. The maximum Gasteiger partial charge on any atom is 0.0991 e. The normalized spacial score (nSPS) is 9.94. The van der Waals surface area contributed by atoms with Gasteiger partial charge in [0.05, 0.1) is 28.7 Å². The highest BCUT2D eigenvalue weighted by atomic mass is 15.1. The second kappa shape index (κ2) is 4.71. The summed E-state index contributed by atoms with van der Waals surface area (Å²) in [6, 6.07) is 9.67. The average molecular weight is 226 g/mol. The Morgan fingerprint density at radius 3 is 2.53 bits per heavy atom. The van der Waals surface area contributed by atoms with Crippen LogP contribution in [0.15, 0.2) is 24.3 Å². The van der Waals surface area contributed by atoms with E-state index >= 15 is 0 Å². The highest BCUT2D eigenvalue weighted by molar-refractivity contribution is 5.51. The van der Waals surface area contributed by atoms with Crippen molar-refractivity contribution in [2.24, 2.45) is 0 Å². The molecule has 4 heteroatoms. The van der Waals surface area contributed by atoms with Crippen LogP contribution in [0, 0.1) is 25.2 Å². The molecular formula is C13H14N4. The summed E-state index contributed by atoms with van der Waals surface area (Å²) in [5.74, 6) is 0. The van der Waals surface area contributed by atoms with E-state index in [1.165, 1.54) is 0 Å².